The van der Waals surface area contributed by atoms with Crippen molar-refractivity contribution >= 4 is 23.1 Å². The summed E-state index contributed by atoms with van der Waals surface area (Å²) in [5.41, 5.74) is 0. The molecule has 0 unspecified atom stereocenters. The van der Waals surface area contributed by atoms with Crippen molar-refractivity contribution < 1.29 is 56.6 Å². The summed E-state index contributed by atoms with van der Waals surface area (Å²) in [7, 11) is 0. The van der Waals surface area contributed by atoms with Crippen LogP contribution < -0.4 is 0 Å². The molecule has 0 heterocycles. The van der Waals surface area contributed by atoms with E-state index in [4.69, 9.17) is 0 Å². The zero-order valence-electron chi connectivity index (χ0n) is 3.42. The van der Waals surface area contributed by atoms with Gasteiger partial charge in [0.05, 0.1) is 0 Å². The fourth-order valence-electron chi connectivity index (χ4n) is 0. The molecule has 42 valence electrons. The third-order valence-corrected chi connectivity index (χ3v) is 0. The summed E-state index contributed by atoms with van der Waals surface area (Å²) in [6.07, 6.45) is 0. The standard InChI is InChI=1S/2Cr.Mg.4H2O/h;;;4*1H2/q;2*+2;;;;/p-2. The van der Waals surface area contributed by atoms with E-state index in [2.05, 4.69) is 0 Å². The van der Waals surface area contributed by atoms with Crippen LogP contribution in [0.25, 0.3) is 0 Å². The van der Waals surface area contributed by atoms with E-state index >= 15 is 0 Å². The summed E-state index contributed by atoms with van der Waals surface area (Å²) in [6, 6.07) is 0. The Labute approximate surface area is 79.3 Å². The van der Waals surface area contributed by atoms with Crippen molar-refractivity contribution in [1.82, 2.24) is 0 Å². The molecule has 0 fully saturated rings. The van der Waals surface area contributed by atoms with Gasteiger partial charge in [-0.2, -0.15) is 0 Å². The number of hydrogen-bond donors (Lipinski definition) is 0. The van der Waals surface area contributed by atoms with E-state index in [1.807, 2.05) is 0 Å². The van der Waals surface area contributed by atoms with Crippen molar-refractivity contribution in [2.24, 2.45) is 0 Å². The first-order valence-corrected chi connectivity index (χ1v) is 0. The van der Waals surface area contributed by atoms with E-state index in [9.17, 15) is 0 Å². The summed E-state index contributed by atoms with van der Waals surface area (Å²) in [6.45, 7) is 0. The van der Waals surface area contributed by atoms with Crippen LogP contribution in [0.5, 0.6) is 0 Å². The van der Waals surface area contributed by atoms with Crippen LogP contribution in [0.15, 0.2) is 0 Å². The fraction of sp³-hybridized carbons (Fsp3) is 0. The van der Waals surface area contributed by atoms with E-state index in [0.29, 0.717) is 0 Å². The zero-order valence-corrected chi connectivity index (χ0v) is 7.38. The van der Waals surface area contributed by atoms with E-state index in [-0.39, 0.29) is 79.7 Å². The maximum absolute atomic E-state index is 0. The van der Waals surface area contributed by atoms with Gasteiger partial charge in [0.25, 0.3) is 0 Å². The predicted octanol–water partition coefficient (Wildman–Crippen LogP) is -2.39. The first-order valence-electron chi connectivity index (χ1n) is 0. The summed E-state index contributed by atoms with van der Waals surface area (Å²) in [5.74, 6) is 0. The molecule has 0 spiro atoms. The van der Waals surface area contributed by atoms with Gasteiger partial charge in [-0.1, -0.05) is 0 Å². The molecule has 7 heavy (non-hydrogen) atoms. The van der Waals surface area contributed by atoms with Crippen LogP contribution in [0.4, 0.5) is 0 Å². The molecule has 0 aromatic rings. The van der Waals surface area contributed by atoms with E-state index in [1.165, 1.54) is 0 Å². The zero-order chi connectivity index (χ0) is 0. The molecule has 0 aromatic carbocycles. The quantitative estimate of drug-likeness (QED) is 0.403. The van der Waals surface area contributed by atoms with Crippen LogP contribution in [0, 0.1) is 0 Å². The van der Waals surface area contributed by atoms with Crippen LogP contribution in [0.2, 0.25) is 0 Å². The Morgan fingerprint density at radius 1 is 0.714 bits per heavy atom. The summed E-state index contributed by atoms with van der Waals surface area (Å²) < 4.78 is 0. The molecule has 0 rings (SSSR count). The van der Waals surface area contributed by atoms with Crippen LogP contribution in [0.1, 0.15) is 0 Å². The van der Waals surface area contributed by atoms with Gasteiger partial charge in [-0.05, 0) is 0 Å². The van der Waals surface area contributed by atoms with Crippen molar-refractivity contribution in [3.63, 3.8) is 0 Å². The first kappa shape index (κ1) is 183. The molecule has 4 nitrogen and oxygen atoms in total. The average Bonchev–Trinajstić information content (AvgIpc) is 0. The Kier molecular flexibility index (Phi) is 3190. The molecule has 0 saturated heterocycles. The summed E-state index contributed by atoms with van der Waals surface area (Å²) >= 11 is 0. The minimum atomic E-state index is 0. The third-order valence-electron chi connectivity index (χ3n) is 0. The minimum Gasteiger partial charge on any atom is -0.870 e. The van der Waals surface area contributed by atoms with Crippen molar-refractivity contribution in [2.45, 2.75) is 0 Å². The molecule has 6 N–H and O–H groups in total. The maximum Gasteiger partial charge on any atom is 2.00 e. The topological polar surface area (TPSA) is 123 Å². The second-order valence-corrected chi connectivity index (χ2v) is 0. The SMILES string of the molecule is O.O.[Cr+2].[Cr].[Mg+2].[OH-].[OH-]. The molecule has 0 aliphatic heterocycles. The van der Waals surface area contributed by atoms with Crippen LogP contribution in [0.3, 0.4) is 0 Å². The molecule has 0 radical (unpaired) electrons. The van der Waals surface area contributed by atoms with Gasteiger partial charge >= 0.3 is 40.4 Å². The third kappa shape index (κ3) is 88.3. The van der Waals surface area contributed by atoms with Gasteiger partial charge < -0.3 is 21.9 Å². The van der Waals surface area contributed by atoms with E-state index in [0.717, 1.165) is 0 Å². The van der Waals surface area contributed by atoms with Gasteiger partial charge in [0.1, 0.15) is 0 Å². The molecule has 0 amide bonds. The first-order chi connectivity index (χ1) is 0. The molecule has 0 bridgehead atoms. The number of hydrogen-bond acceptors (Lipinski definition) is 2. The second kappa shape index (κ2) is 122. The Bertz CT molecular complexity index is 9.65. The molecular formula is H6Cr2MgO4+2. The van der Waals surface area contributed by atoms with Crippen LogP contribution >= 0.6 is 0 Å². The normalized spacial score (nSPS) is 0. The van der Waals surface area contributed by atoms with Gasteiger partial charge in [0.2, 0.25) is 0 Å². The summed E-state index contributed by atoms with van der Waals surface area (Å²) in [5, 5.41) is 0. The van der Waals surface area contributed by atoms with Gasteiger partial charge in [0.15, 0.2) is 0 Å². The molecule has 7 heteroatoms. The maximum atomic E-state index is 0. The second-order valence-electron chi connectivity index (χ2n) is 0. The van der Waals surface area contributed by atoms with Gasteiger partial charge in [0, 0.05) is 17.4 Å². The van der Waals surface area contributed by atoms with Crippen molar-refractivity contribution in [3.8, 4) is 0 Å². The van der Waals surface area contributed by atoms with Crippen LogP contribution in [-0.4, -0.2) is 45.0 Å². The van der Waals surface area contributed by atoms with Crippen LogP contribution in [-0.2, 0) is 34.7 Å². The molecule has 0 saturated carbocycles. The molecule has 0 aromatic heterocycles. The minimum absolute atomic E-state index is 0. The Hall–Kier alpha value is 1.67. The van der Waals surface area contributed by atoms with Gasteiger partial charge in [-0.15, -0.1) is 0 Å². The van der Waals surface area contributed by atoms with Crippen molar-refractivity contribution in [1.29, 1.82) is 0 Å². The smallest absolute Gasteiger partial charge is 0.870 e. The molecule has 0 atom stereocenters. The molecule has 0 aliphatic carbocycles. The Balaban J connectivity index is 0. The largest absolute Gasteiger partial charge is 2.00 e. The van der Waals surface area contributed by atoms with Gasteiger partial charge in [-0.25, -0.2) is 0 Å². The molecular weight excluding hydrogens is 192 g/mol. The van der Waals surface area contributed by atoms with Gasteiger partial charge in [-0.3, -0.25) is 0 Å². The summed E-state index contributed by atoms with van der Waals surface area (Å²) in [4.78, 5) is 0. The monoisotopic (exact) mass is 198 g/mol. The molecule has 0 aliphatic rings. The van der Waals surface area contributed by atoms with Crippen molar-refractivity contribution in [2.75, 3.05) is 0 Å². The van der Waals surface area contributed by atoms with Crippen molar-refractivity contribution in [3.05, 3.63) is 0 Å². The Morgan fingerprint density at radius 2 is 0.714 bits per heavy atom. The Morgan fingerprint density at radius 3 is 0.714 bits per heavy atom. The van der Waals surface area contributed by atoms with E-state index < -0.39 is 0 Å². The number of rotatable bonds is 0. The van der Waals surface area contributed by atoms with E-state index in [1.54, 1.807) is 0 Å². The average molecular weight is 198 g/mol. The fourth-order valence-corrected chi connectivity index (χ4v) is 0. The predicted molar refractivity (Wildman–Crippen MR) is 16.9 cm³/mol.